The van der Waals surface area contributed by atoms with Crippen LogP contribution >= 0.6 is 11.6 Å². The molecule has 1 aromatic carbocycles. The van der Waals surface area contributed by atoms with Gasteiger partial charge in [0.05, 0.1) is 0 Å². The van der Waals surface area contributed by atoms with Crippen molar-refractivity contribution in [2.45, 2.75) is 51.9 Å². The van der Waals surface area contributed by atoms with Gasteiger partial charge in [-0.15, -0.1) is 0 Å². The van der Waals surface area contributed by atoms with Crippen molar-refractivity contribution < 1.29 is 0 Å². The predicted octanol–water partition coefficient (Wildman–Crippen LogP) is 5.25. The molecule has 1 nitrogen and oxygen atoms in total. The average molecular weight is 294 g/mol. The molecule has 0 heterocycles. The van der Waals surface area contributed by atoms with Gasteiger partial charge in [0.25, 0.3) is 0 Å². The van der Waals surface area contributed by atoms with Gasteiger partial charge in [0.2, 0.25) is 0 Å². The second kappa shape index (κ2) is 8.05. The van der Waals surface area contributed by atoms with Crippen molar-refractivity contribution in [3.63, 3.8) is 0 Å². The summed E-state index contributed by atoms with van der Waals surface area (Å²) < 4.78 is 0. The molecule has 0 aromatic heterocycles. The van der Waals surface area contributed by atoms with E-state index in [-0.39, 0.29) is 0 Å². The molecule has 112 valence electrons. The first-order valence-electron chi connectivity index (χ1n) is 8.12. The van der Waals surface area contributed by atoms with Crippen LogP contribution in [0, 0.1) is 11.8 Å². The number of halogens is 1. The topological polar surface area (TPSA) is 12.0 Å². The minimum atomic E-state index is 0.561. The number of benzene rings is 1. The van der Waals surface area contributed by atoms with Crippen LogP contribution in [0.4, 0.5) is 0 Å². The molecule has 1 N–H and O–H groups in total. The Morgan fingerprint density at radius 2 is 1.85 bits per heavy atom. The summed E-state index contributed by atoms with van der Waals surface area (Å²) in [7, 11) is 0. The summed E-state index contributed by atoms with van der Waals surface area (Å²) in [5.74, 6) is 2.16. The molecule has 1 aliphatic carbocycles. The largest absolute Gasteiger partial charge is 0.316 e. The maximum atomic E-state index is 6.42. The Hall–Kier alpha value is -0.530. The van der Waals surface area contributed by atoms with Gasteiger partial charge in [-0.3, -0.25) is 0 Å². The van der Waals surface area contributed by atoms with Gasteiger partial charge in [0, 0.05) is 11.6 Å². The van der Waals surface area contributed by atoms with Crippen LogP contribution in [0.5, 0.6) is 0 Å². The highest BCUT2D eigenvalue weighted by atomic mass is 35.5. The number of nitrogens with one attached hydrogen (secondary N) is 1. The smallest absolute Gasteiger partial charge is 0.0441 e. The lowest BCUT2D eigenvalue weighted by Crippen LogP contribution is -2.26. The second-order valence-corrected chi connectivity index (χ2v) is 7.06. The fourth-order valence-corrected chi connectivity index (χ4v) is 3.61. The molecule has 1 atom stereocenters. The quantitative estimate of drug-likeness (QED) is 0.724. The molecular weight excluding hydrogens is 266 g/mol. The minimum Gasteiger partial charge on any atom is -0.316 e. The van der Waals surface area contributed by atoms with Crippen molar-refractivity contribution in [1.82, 2.24) is 5.32 Å². The molecule has 1 fully saturated rings. The summed E-state index contributed by atoms with van der Waals surface area (Å²) in [6, 6.07) is 8.38. The highest BCUT2D eigenvalue weighted by molar-refractivity contribution is 6.31. The molecule has 20 heavy (non-hydrogen) atoms. The standard InChI is InChI=1S/C18H28ClN/c1-14(2)12-20-13-16(11-15-7-3-4-8-15)17-9-5-6-10-18(17)19/h5-6,9-10,14-16,20H,3-4,7-8,11-13H2,1-2H3. The highest BCUT2D eigenvalue weighted by Gasteiger charge is 2.22. The Kier molecular flexibility index (Phi) is 6.38. The summed E-state index contributed by atoms with van der Waals surface area (Å²) >= 11 is 6.42. The van der Waals surface area contributed by atoms with Gasteiger partial charge < -0.3 is 5.32 Å². The Morgan fingerprint density at radius 1 is 1.15 bits per heavy atom. The van der Waals surface area contributed by atoms with Crippen LogP contribution < -0.4 is 5.32 Å². The normalized spacial score (nSPS) is 17.8. The number of hydrogen-bond donors (Lipinski definition) is 1. The lowest BCUT2D eigenvalue weighted by Gasteiger charge is -2.23. The van der Waals surface area contributed by atoms with E-state index in [1.54, 1.807) is 0 Å². The van der Waals surface area contributed by atoms with E-state index in [4.69, 9.17) is 11.6 Å². The third-order valence-electron chi connectivity index (χ3n) is 4.38. The van der Waals surface area contributed by atoms with E-state index in [9.17, 15) is 0 Å². The van der Waals surface area contributed by atoms with E-state index in [2.05, 4.69) is 31.3 Å². The number of hydrogen-bond acceptors (Lipinski definition) is 1. The highest BCUT2D eigenvalue weighted by Crippen LogP contribution is 2.36. The molecule has 0 bridgehead atoms. The molecule has 0 spiro atoms. The van der Waals surface area contributed by atoms with Gasteiger partial charge in [0.1, 0.15) is 0 Å². The van der Waals surface area contributed by atoms with Crippen LogP contribution in [0.25, 0.3) is 0 Å². The van der Waals surface area contributed by atoms with Gasteiger partial charge in [0.15, 0.2) is 0 Å². The average Bonchev–Trinajstić information content (AvgIpc) is 2.91. The van der Waals surface area contributed by atoms with Crippen LogP contribution in [0.2, 0.25) is 5.02 Å². The van der Waals surface area contributed by atoms with E-state index < -0.39 is 0 Å². The zero-order chi connectivity index (χ0) is 14.4. The van der Waals surface area contributed by atoms with Gasteiger partial charge in [-0.1, -0.05) is 69.3 Å². The van der Waals surface area contributed by atoms with E-state index in [0.29, 0.717) is 11.8 Å². The van der Waals surface area contributed by atoms with Crippen LogP contribution in [0.1, 0.15) is 57.4 Å². The monoisotopic (exact) mass is 293 g/mol. The predicted molar refractivity (Wildman–Crippen MR) is 88.5 cm³/mol. The first kappa shape index (κ1) is 15.9. The van der Waals surface area contributed by atoms with Crippen molar-refractivity contribution >= 4 is 11.6 Å². The van der Waals surface area contributed by atoms with Gasteiger partial charge in [-0.2, -0.15) is 0 Å². The van der Waals surface area contributed by atoms with Crippen molar-refractivity contribution in [2.24, 2.45) is 11.8 Å². The maximum absolute atomic E-state index is 6.42. The SMILES string of the molecule is CC(C)CNCC(CC1CCCC1)c1ccccc1Cl. The van der Waals surface area contributed by atoms with Crippen molar-refractivity contribution in [2.75, 3.05) is 13.1 Å². The van der Waals surface area contributed by atoms with Crippen molar-refractivity contribution in [3.8, 4) is 0 Å². The van der Waals surface area contributed by atoms with Gasteiger partial charge in [-0.25, -0.2) is 0 Å². The van der Waals surface area contributed by atoms with Crippen LogP contribution in [0.3, 0.4) is 0 Å². The summed E-state index contributed by atoms with van der Waals surface area (Å²) in [5.41, 5.74) is 1.33. The molecule has 1 saturated carbocycles. The summed E-state index contributed by atoms with van der Waals surface area (Å²) in [6.45, 7) is 6.66. The van der Waals surface area contributed by atoms with Crippen molar-refractivity contribution in [1.29, 1.82) is 0 Å². The molecule has 0 amide bonds. The Bertz CT molecular complexity index is 396. The van der Waals surface area contributed by atoms with Crippen molar-refractivity contribution in [3.05, 3.63) is 34.9 Å². The molecular formula is C18H28ClN. The Balaban J connectivity index is 2.00. The van der Waals surface area contributed by atoms with Gasteiger partial charge in [-0.05, 0) is 42.3 Å². The first-order chi connectivity index (χ1) is 9.66. The van der Waals surface area contributed by atoms with E-state index in [0.717, 1.165) is 24.0 Å². The van der Waals surface area contributed by atoms with Crippen LogP contribution in [-0.2, 0) is 0 Å². The lowest BCUT2D eigenvalue weighted by molar-refractivity contribution is 0.418. The zero-order valence-corrected chi connectivity index (χ0v) is 13.6. The van der Waals surface area contributed by atoms with E-state index >= 15 is 0 Å². The molecule has 1 aromatic rings. The van der Waals surface area contributed by atoms with E-state index in [1.165, 1.54) is 37.7 Å². The van der Waals surface area contributed by atoms with Gasteiger partial charge >= 0.3 is 0 Å². The number of rotatable bonds is 7. The third kappa shape index (κ3) is 4.79. The third-order valence-corrected chi connectivity index (χ3v) is 4.73. The first-order valence-corrected chi connectivity index (χ1v) is 8.49. The minimum absolute atomic E-state index is 0.561. The molecule has 0 radical (unpaired) electrons. The maximum Gasteiger partial charge on any atom is 0.0441 e. The van der Waals surface area contributed by atoms with E-state index in [1.807, 2.05) is 12.1 Å². The summed E-state index contributed by atoms with van der Waals surface area (Å²) in [5, 5.41) is 4.56. The molecule has 1 aliphatic rings. The molecule has 2 heteroatoms. The molecule has 2 rings (SSSR count). The summed E-state index contributed by atoms with van der Waals surface area (Å²) in [4.78, 5) is 0. The zero-order valence-electron chi connectivity index (χ0n) is 12.9. The lowest BCUT2D eigenvalue weighted by atomic mass is 9.87. The Morgan fingerprint density at radius 3 is 2.50 bits per heavy atom. The molecule has 0 aliphatic heterocycles. The van der Waals surface area contributed by atoms with Crippen LogP contribution in [0.15, 0.2) is 24.3 Å². The molecule has 0 saturated heterocycles. The second-order valence-electron chi connectivity index (χ2n) is 6.66. The molecule has 1 unspecified atom stereocenters. The fourth-order valence-electron chi connectivity index (χ4n) is 3.32. The fraction of sp³-hybridized carbons (Fsp3) is 0.667. The van der Waals surface area contributed by atoms with Crippen LogP contribution in [-0.4, -0.2) is 13.1 Å². The Labute approximate surface area is 129 Å². The summed E-state index contributed by atoms with van der Waals surface area (Å²) in [6.07, 6.45) is 6.93.